The van der Waals surface area contributed by atoms with Gasteiger partial charge in [-0.2, -0.15) is 0 Å². The summed E-state index contributed by atoms with van der Waals surface area (Å²) >= 11 is 0. The minimum atomic E-state index is -0.139. The number of benzene rings is 3. The molecule has 0 amide bonds. The quantitative estimate of drug-likeness (QED) is 0.0290. The smallest absolute Gasteiger partial charge is 0.231 e. The lowest BCUT2D eigenvalue weighted by Gasteiger charge is -2.26. The molecule has 1 saturated carbocycles. The first-order valence-electron chi connectivity index (χ1n) is 42.8. The molecule has 2 fully saturated rings. The van der Waals surface area contributed by atoms with E-state index in [1.54, 1.807) is 62.8 Å². The van der Waals surface area contributed by atoms with E-state index in [0.717, 1.165) is 204 Å². The number of imidazole rings is 5. The highest BCUT2D eigenvalue weighted by Crippen LogP contribution is 2.37. The number of methoxy groups -OCH3 is 1. The van der Waals surface area contributed by atoms with Gasteiger partial charge in [-0.3, -0.25) is 19.9 Å². The number of pyridine rings is 4. The van der Waals surface area contributed by atoms with Crippen molar-refractivity contribution in [3.05, 3.63) is 310 Å². The first-order valence-corrected chi connectivity index (χ1v) is 42.8. The van der Waals surface area contributed by atoms with Crippen molar-refractivity contribution in [2.75, 3.05) is 66.7 Å². The zero-order valence-corrected chi connectivity index (χ0v) is 71.1. The number of likely N-dealkylation sites (tertiary alicyclic amines) is 1. The zero-order chi connectivity index (χ0) is 86.5. The minimum absolute atomic E-state index is 0. The van der Waals surface area contributed by atoms with Gasteiger partial charge in [0.25, 0.3) is 0 Å². The number of furan rings is 1. The predicted molar refractivity (Wildman–Crippen MR) is 496 cm³/mol. The van der Waals surface area contributed by atoms with Gasteiger partial charge in [0.05, 0.1) is 54.1 Å². The summed E-state index contributed by atoms with van der Waals surface area (Å²) in [6.45, 7) is 11.2. The van der Waals surface area contributed by atoms with E-state index in [0.29, 0.717) is 23.8 Å². The lowest BCUT2D eigenvalue weighted by Crippen LogP contribution is -2.28. The Balaban J connectivity index is 0.000000118. The van der Waals surface area contributed by atoms with Crippen molar-refractivity contribution in [1.29, 1.82) is 0 Å². The van der Waals surface area contributed by atoms with Crippen molar-refractivity contribution >= 4 is 69.1 Å². The third-order valence-electron chi connectivity index (χ3n) is 22.0. The number of rotatable bonds is 25. The summed E-state index contributed by atoms with van der Waals surface area (Å²) in [7, 11) is 1.60. The third kappa shape index (κ3) is 21.3. The van der Waals surface area contributed by atoms with Gasteiger partial charge in [0.2, 0.25) is 12.7 Å². The molecule has 0 bridgehead atoms. The van der Waals surface area contributed by atoms with Gasteiger partial charge in [0, 0.05) is 199 Å². The van der Waals surface area contributed by atoms with Crippen LogP contribution >= 0.6 is 0 Å². The second-order valence-corrected chi connectivity index (χ2v) is 31.1. The Kier molecular flexibility index (Phi) is 27.0. The Morgan fingerprint density at radius 3 is 1.74 bits per heavy atom. The van der Waals surface area contributed by atoms with E-state index in [2.05, 4.69) is 169 Å². The molecule has 0 radical (unpaired) electrons. The number of hydrogen-bond donors (Lipinski definition) is 6. The molecule has 30 heteroatoms. The molecular weight excluding hydrogens is 1600 g/mol. The first kappa shape index (κ1) is 83.9. The van der Waals surface area contributed by atoms with Crippen LogP contribution in [-0.2, 0) is 19.4 Å². The van der Waals surface area contributed by atoms with E-state index in [9.17, 15) is 5.11 Å². The van der Waals surface area contributed by atoms with Gasteiger partial charge >= 0.3 is 0 Å². The summed E-state index contributed by atoms with van der Waals surface area (Å²) in [5.41, 5.74) is 18.5. The molecule has 1 unspecified atom stereocenters. The van der Waals surface area contributed by atoms with Crippen LogP contribution in [0.5, 0.6) is 17.4 Å². The molecule has 18 aromatic rings. The molecule has 21 rings (SSSR count). The van der Waals surface area contributed by atoms with E-state index in [-0.39, 0.29) is 14.3 Å². The van der Waals surface area contributed by atoms with Crippen molar-refractivity contribution < 1.29 is 25.2 Å². The summed E-state index contributed by atoms with van der Waals surface area (Å²) in [5, 5.41) is 26.9. The van der Waals surface area contributed by atoms with Gasteiger partial charge in [0.1, 0.15) is 5.69 Å². The number of allylic oxidation sites excluding steroid dienone is 1. The average Bonchev–Trinajstić information content (AvgIpc) is 1.62. The fourth-order valence-corrected chi connectivity index (χ4v) is 15.5. The number of hydrogen-bond acceptors (Lipinski definition) is 25. The number of ether oxygens (including phenoxy) is 3. The van der Waals surface area contributed by atoms with Crippen LogP contribution in [0.25, 0.3) is 79.5 Å². The molecule has 2 aliphatic heterocycles. The first-order chi connectivity index (χ1) is 62.5. The highest BCUT2D eigenvalue weighted by molar-refractivity contribution is 5.77. The van der Waals surface area contributed by atoms with Gasteiger partial charge < -0.3 is 72.3 Å². The molecule has 644 valence electrons. The molecule has 3 aromatic carbocycles. The molecular formula is C97H101N25O5. The van der Waals surface area contributed by atoms with Crippen LogP contribution in [0.1, 0.15) is 93.2 Å². The van der Waals surface area contributed by atoms with Gasteiger partial charge in [0.15, 0.2) is 74.6 Å². The van der Waals surface area contributed by atoms with Crippen LogP contribution in [-0.4, -0.2) is 160 Å². The molecule has 17 heterocycles. The monoisotopic (exact) mass is 1700 g/mol. The standard InChI is InChI=1S/C24H23N5O2.C20H19N5O.C18H16N6.C18H26N4O.C17H15N5O.H2/c1-2-4-17(5-3-1)13-28-10-8-19(14-28)26-23-24-25-9-11-29(24)15-20(27-23)18-6-7-21-22(12-18)31-16-30-21;1-13-5-4-6-14(2)18(13)16-12-25-10-9-21-20(25)19(24-16)23-15-7-8-17(26-3)22-11-15;1-2-15(12-20-6-1)16-13-24-11-10-22-18(24)17(23-16)21-9-5-14-3-7-19-8-4-14;1-2-3-4-5-6-15-13-22-12-11-19-18(22)17(21-15)20-14-7-9-16(23)10-8-14;1-3-13(11-18-6-1)5-7-19-16-17-20-8-9-22(17)12-14(21-16)15-4-2-10-23-15;/h1-7,9,11-12,15,19H,8,10,13-14,16H2,(H,26,27);4-12H,1-3H3,(H,23,24);1-4,6-8,10-13H,5,9H2,(H,21,23);5-6,11-14,16,23H,2-4,7-10H2,1H3,(H,20,21);1-4,6,8-12H,5,7H2,(H,19,21);1H/b;;;6-5+;;. The number of fused-ring (bicyclic) bond motifs is 6. The maximum Gasteiger partial charge on any atom is 0.231 e. The summed E-state index contributed by atoms with van der Waals surface area (Å²) < 4.78 is 31.5. The average molecular weight is 1700 g/mol. The Morgan fingerprint density at radius 2 is 1.09 bits per heavy atom. The molecule has 1 saturated heterocycles. The number of aliphatic hydroxyl groups is 1. The van der Waals surface area contributed by atoms with Crippen molar-refractivity contribution in [3.63, 3.8) is 0 Å². The molecule has 15 aromatic heterocycles. The minimum Gasteiger partial charge on any atom is -0.481 e. The third-order valence-corrected chi connectivity index (χ3v) is 22.0. The number of unbranched alkanes of at least 4 members (excludes halogenated alkanes) is 2. The van der Waals surface area contributed by atoms with Crippen LogP contribution in [0.2, 0.25) is 0 Å². The van der Waals surface area contributed by atoms with Gasteiger partial charge in [-0.05, 0) is 166 Å². The Labute approximate surface area is 735 Å². The second-order valence-electron chi connectivity index (χ2n) is 31.1. The highest BCUT2D eigenvalue weighted by atomic mass is 16.7. The van der Waals surface area contributed by atoms with Crippen molar-refractivity contribution in [2.24, 2.45) is 0 Å². The fourth-order valence-electron chi connectivity index (χ4n) is 15.5. The summed E-state index contributed by atoms with van der Waals surface area (Å²) in [4.78, 5) is 65.0. The molecule has 30 nitrogen and oxygen atoms in total. The Morgan fingerprint density at radius 1 is 0.496 bits per heavy atom. The van der Waals surface area contributed by atoms with Gasteiger partial charge in [-0.1, -0.05) is 80.4 Å². The van der Waals surface area contributed by atoms with Gasteiger partial charge in [-0.25, -0.2) is 54.8 Å². The molecule has 127 heavy (non-hydrogen) atoms. The lowest BCUT2D eigenvalue weighted by molar-refractivity contribution is 0.126. The van der Waals surface area contributed by atoms with Crippen LogP contribution in [0, 0.1) is 13.8 Å². The normalized spacial score (nSPS) is 14.6. The molecule has 1 atom stereocenters. The molecule has 6 N–H and O–H groups in total. The maximum atomic E-state index is 9.65. The second kappa shape index (κ2) is 40.8. The fraction of sp³-hybridized carbons (Fsp3) is 0.237. The maximum absolute atomic E-state index is 9.65. The topological polar surface area (TPSA) is 327 Å². The van der Waals surface area contributed by atoms with Crippen molar-refractivity contribution in [1.82, 2.24) is 96.7 Å². The SMILES string of the molecule is CCCC/C=C/c1cn2ccnc2c(NC2CCC(O)CC2)n1.COc1ccc(Nc2nc(-c3c(C)cccc3C)cn3ccnc23)cn1.[HH].c1ccc(CN2CCC(Nc3nc(-c4ccc5c(c4)OCO5)cn4ccnc34)C2)cc1.c1cncc(-c2cn3ccnc3c(NCCc3ccncc3)n2)c1.c1cncc(CCNc2nc(-c3ccco3)cn3ccnc23)c1. The van der Waals surface area contributed by atoms with Crippen LogP contribution in [0.4, 0.5) is 34.8 Å². The number of anilines is 6. The van der Waals surface area contributed by atoms with Crippen molar-refractivity contribution in [3.8, 4) is 62.6 Å². The Hall–Kier alpha value is -15.3. The number of aromatic nitrogens is 19. The summed E-state index contributed by atoms with van der Waals surface area (Å²) in [6, 6.07) is 42.9. The largest absolute Gasteiger partial charge is 0.481 e. The number of nitrogens with zero attached hydrogens (tertiary/aromatic N) is 20. The lowest BCUT2D eigenvalue weighted by atomic mass is 9.93. The van der Waals surface area contributed by atoms with E-state index in [1.807, 2.05) is 182 Å². The Bertz CT molecular complexity index is 6610. The van der Waals surface area contributed by atoms with Crippen LogP contribution in [0.3, 0.4) is 0 Å². The zero-order valence-electron chi connectivity index (χ0n) is 71.1. The van der Waals surface area contributed by atoms with Gasteiger partial charge in [-0.15, -0.1) is 0 Å². The van der Waals surface area contributed by atoms with E-state index < -0.39 is 0 Å². The number of aryl methyl sites for hydroxylation is 2. The molecule has 1 aliphatic carbocycles. The number of nitrogens with one attached hydrogen (secondary N) is 5. The predicted octanol–water partition coefficient (Wildman–Crippen LogP) is 17.7. The molecule has 3 aliphatic rings. The number of aliphatic hydroxyl groups excluding tert-OH is 1. The van der Waals surface area contributed by atoms with E-state index in [4.69, 9.17) is 38.6 Å². The van der Waals surface area contributed by atoms with Crippen LogP contribution in [0.15, 0.2) is 280 Å². The molecule has 0 spiro atoms. The van der Waals surface area contributed by atoms with E-state index >= 15 is 0 Å². The summed E-state index contributed by atoms with van der Waals surface area (Å²) in [5.74, 6) is 6.68. The van der Waals surface area contributed by atoms with Crippen LogP contribution < -0.4 is 40.8 Å². The van der Waals surface area contributed by atoms with E-state index in [1.165, 1.54) is 40.7 Å². The van der Waals surface area contributed by atoms with Crippen molar-refractivity contribution in [2.45, 2.75) is 110 Å². The highest BCUT2D eigenvalue weighted by Gasteiger charge is 2.26. The summed E-state index contributed by atoms with van der Waals surface area (Å²) in [6.07, 6.45) is 56.8.